The number of carbonyl (C=O) groups is 1. The minimum atomic E-state index is -5.15. The van der Waals surface area contributed by atoms with Crippen LogP contribution in [0.4, 0.5) is 42.1 Å². The van der Waals surface area contributed by atoms with Gasteiger partial charge in [-0.3, -0.25) is 4.79 Å². The summed E-state index contributed by atoms with van der Waals surface area (Å²) in [6.45, 7) is -0.0433. The molecule has 6 nitrogen and oxygen atoms in total. The average Bonchev–Trinajstić information content (AvgIpc) is 3.21. The molecule has 0 aliphatic carbocycles. The number of hydrogen-bond donors (Lipinski definition) is 2. The van der Waals surface area contributed by atoms with Crippen LogP contribution in [-0.2, 0) is 34.7 Å². The number of nitrogens with one attached hydrogen (secondary N) is 2. The van der Waals surface area contributed by atoms with E-state index in [-0.39, 0.29) is 29.0 Å². The molecule has 0 radical (unpaired) electrons. The van der Waals surface area contributed by atoms with Gasteiger partial charge in [0.15, 0.2) is 0 Å². The van der Waals surface area contributed by atoms with Gasteiger partial charge >= 0.3 is 12.4 Å². The lowest BCUT2D eigenvalue weighted by molar-refractivity contribution is -0.143. The molecule has 0 aromatic heterocycles. The van der Waals surface area contributed by atoms with Crippen LogP contribution in [0.1, 0.15) is 32.6 Å². The van der Waals surface area contributed by atoms with E-state index in [0.29, 0.717) is 22.1 Å². The first-order valence-electron chi connectivity index (χ1n) is 10.5. The standard InChI is InChI=1S/C23H15ClF7N3O3S/c24-17-2-1-3-18(25)20(17)21(35)33-16-5-4-13-10-32-34(19(13)9-16)38(36,37)11-12-6-14(22(26,27)28)8-15(7-12)23(29,30)31/h1-9,32H,10-11H2,(H,33,35). The fourth-order valence-corrected chi connectivity index (χ4v) is 5.45. The van der Waals surface area contributed by atoms with Gasteiger partial charge in [0.1, 0.15) is 5.82 Å². The first-order valence-corrected chi connectivity index (χ1v) is 12.5. The maximum atomic E-state index is 14.1. The van der Waals surface area contributed by atoms with Crippen LogP contribution < -0.4 is 15.2 Å². The van der Waals surface area contributed by atoms with Crippen LogP contribution in [0, 0.1) is 5.82 Å². The van der Waals surface area contributed by atoms with E-state index < -0.39 is 62.1 Å². The van der Waals surface area contributed by atoms with E-state index in [0.717, 1.165) is 6.07 Å². The van der Waals surface area contributed by atoms with Gasteiger partial charge in [0.2, 0.25) is 0 Å². The van der Waals surface area contributed by atoms with Crippen molar-refractivity contribution in [2.45, 2.75) is 24.7 Å². The Labute approximate surface area is 216 Å². The van der Waals surface area contributed by atoms with Crippen molar-refractivity contribution in [3.8, 4) is 0 Å². The van der Waals surface area contributed by atoms with Crippen LogP contribution in [0.25, 0.3) is 0 Å². The van der Waals surface area contributed by atoms with Crippen LogP contribution in [-0.4, -0.2) is 14.3 Å². The highest BCUT2D eigenvalue weighted by molar-refractivity contribution is 7.92. The number of sulfonamides is 1. The molecular formula is C23H15ClF7N3O3S. The Hall–Kier alpha value is -3.36. The predicted molar refractivity (Wildman–Crippen MR) is 124 cm³/mol. The van der Waals surface area contributed by atoms with Gasteiger partial charge in [0, 0.05) is 12.2 Å². The molecule has 0 atom stereocenters. The number of rotatable bonds is 5. The van der Waals surface area contributed by atoms with Crippen LogP contribution in [0.15, 0.2) is 54.6 Å². The number of fused-ring (bicyclic) bond motifs is 1. The quantitative estimate of drug-likeness (QED) is 0.356. The molecule has 0 saturated heterocycles. The number of benzene rings is 3. The highest BCUT2D eigenvalue weighted by atomic mass is 35.5. The number of carbonyl (C=O) groups excluding carboxylic acids is 1. The van der Waals surface area contributed by atoms with Gasteiger partial charge in [-0.05, 0) is 53.6 Å². The molecule has 0 spiro atoms. The summed E-state index contributed by atoms with van der Waals surface area (Å²) in [6, 6.07) is 8.19. The van der Waals surface area contributed by atoms with E-state index in [1.54, 1.807) is 0 Å². The molecule has 1 aliphatic heterocycles. The summed E-state index contributed by atoms with van der Waals surface area (Å²) >= 11 is 5.88. The second-order valence-corrected chi connectivity index (χ2v) is 10.4. The number of anilines is 2. The van der Waals surface area contributed by atoms with Crippen molar-refractivity contribution in [2.24, 2.45) is 0 Å². The van der Waals surface area contributed by atoms with E-state index in [4.69, 9.17) is 11.6 Å². The summed E-state index contributed by atoms with van der Waals surface area (Å²) in [5.41, 5.74) is -1.59. The molecule has 0 unspecified atom stereocenters. The number of alkyl halides is 6. The summed E-state index contributed by atoms with van der Waals surface area (Å²) in [7, 11) is -4.57. The lowest BCUT2D eigenvalue weighted by Crippen LogP contribution is -2.39. The van der Waals surface area contributed by atoms with Crippen molar-refractivity contribution >= 4 is 38.9 Å². The highest BCUT2D eigenvalue weighted by Crippen LogP contribution is 2.38. The smallest absolute Gasteiger partial charge is 0.322 e. The Morgan fingerprint density at radius 2 is 1.61 bits per heavy atom. The van der Waals surface area contributed by atoms with Gasteiger partial charge in [-0.15, -0.1) is 0 Å². The molecule has 0 saturated carbocycles. The van der Waals surface area contributed by atoms with Gasteiger partial charge < -0.3 is 5.32 Å². The molecule has 1 aliphatic rings. The Balaban J connectivity index is 1.64. The van der Waals surface area contributed by atoms with Crippen molar-refractivity contribution in [1.29, 1.82) is 0 Å². The molecular weight excluding hydrogens is 567 g/mol. The lowest BCUT2D eigenvalue weighted by Gasteiger charge is -2.21. The van der Waals surface area contributed by atoms with Crippen molar-refractivity contribution in [3.05, 3.63) is 93.3 Å². The summed E-state index contributed by atoms with van der Waals surface area (Å²) in [5.74, 6) is -3.04. The third-order valence-corrected chi connectivity index (χ3v) is 7.33. The average molecular weight is 582 g/mol. The highest BCUT2D eigenvalue weighted by Gasteiger charge is 2.38. The third kappa shape index (κ3) is 5.71. The summed E-state index contributed by atoms with van der Waals surface area (Å²) in [6.07, 6.45) is -10.3. The van der Waals surface area contributed by atoms with Crippen molar-refractivity contribution in [3.63, 3.8) is 0 Å². The van der Waals surface area contributed by atoms with Crippen LogP contribution >= 0.6 is 11.6 Å². The van der Waals surface area contributed by atoms with Gasteiger partial charge in [0.05, 0.1) is 33.2 Å². The number of halogens is 8. The number of hydrogen-bond acceptors (Lipinski definition) is 4. The zero-order chi connectivity index (χ0) is 28.0. The zero-order valence-corrected chi connectivity index (χ0v) is 20.3. The van der Waals surface area contributed by atoms with Crippen molar-refractivity contribution in [2.75, 3.05) is 9.73 Å². The largest absolute Gasteiger partial charge is 0.416 e. The normalized spacial score (nSPS) is 13.9. The summed E-state index contributed by atoms with van der Waals surface area (Å²) in [4.78, 5) is 12.5. The molecule has 202 valence electrons. The molecule has 1 amide bonds. The fraction of sp³-hybridized carbons (Fsp3) is 0.174. The van der Waals surface area contributed by atoms with E-state index in [9.17, 15) is 43.9 Å². The molecule has 3 aromatic carbocycles. The van der Waals surface area contributed by atoms with Gasteiger partial charge in [-0.2, -0.15) is 26.3 Å². The Kier molecular flexibility index (Phi) is 7.10. The number of hydrazine groups is 1. The Morgan fingerprint density at radius 3 is 2.18 bits per heavy atom. The second kappa shape index (κ2) is 9.75. The molecule has 38 heavy (non-hydrogen) atoms. The zero-order valence-electron chi connectivity index (χ0n) is 18.7. The molecule has 0 bridgehead atoms. The molecule has 0 fully saturated rings. The van der Waals surface area contributed by atoms with Crippen molar-refractivity contribution < 1.29 is 43.9 Å². The van der Waals surface area contributed by atoms with Crippen LogP contribution in [0.5, 0.6) is 0 Å². The van der Waals surface area contributed by atoms with Gasteiger partial charge in [0.25, 0.3) is 15.9 Å². The molecule has 4 rings (SSSR count). The van der Waals surface area contributed by atoms with Crippen LogP contribution in [0.2, 0.25) is 5.02 Å². The maximum Gasteiger partial charge on any atom is 0.416 e. The minimum Gasteiger partial charge on any atom is -0.322 e. The molecule has 2 N–H and O–H groups in total. The van der Waals surface area contributed by atoms with E-state index in [2.05, 4.69) is 10.7 Å². The number of nitrogens with zero attached hydrogens (tertiary/aromatic N) is 1. The topological polar surface area (TPSA) is 78.5 Å². The Bertz CT molecular complexity index is 1470. The predicted octanol–water partition coefficient (Wildman–Crippen LogP) is 6.12. The van der Waals surface area contributed by atoms with E-state index in [1.807, 2.05) is 0 Å². The van der Waals surface area contributed by atoms with E-state index in [1.165, 1.54) is 30.3 Å². The number of amides is 1. The first-order chi connectivity index (χ1) is 17.6. The monoisotopic (exact) mass is 581 g/mol. The molecule has 3 aromatic rings. The molecule has 15 heteroatoms. The maximum absolute atomic E-state index is 14.1. The Morgan fingerprint density at radius 1 is 0.974 bits per heavy atom. The van der Waals surface area contributed by atoms with Crippen molar-refractivity contribution in [1.82, 2.24) is 5.43 Å². The SMILES string of the molecule is O=C(Nc1ccc2c(c1)N(S(=O)(=O)Cc1cc(C(F)(F)F)cc(C(F)(F)F)c1)NC2)c1c(F)cccc1Cl. The van der Waals surface area contributed by atoms with E-state index >= 15 is 0 Å². The summed E-state index contributed by atoms with van der Waals surface area (Å²) < 4.78 is 120. The van der Waals surface area contributed by atoms with Crippen LogP contribution in [0.3, 0.4) is 0 Å². The van der Waals surface area contributed by atoms with Gasteiger partial charge in [-0.1, -0.05) is 23.7 Å². The lowest BCUT2D eigenvalue weighted by atomic mass is 10.1. The summed E-state index contributed by atoms with van der Waals surface area (Å²) in [5, 5.41) is 2.20. The fourth-order valence-electron chi connectivity index (χ4n) is 3.76. The first kappa shape index (κ1) is 27.7. The molecule has 1 heterocycles. The van der Waals surface area contributed by atoms with Gasteiger partial charge in [-0.25, -0.2) is 22.6 Å². The second-order valence-electron chi connectivity index (χ2n) is 8.16. The minimum absolute atomic E-state index is 0.0235. The third-order valence-electron chi connectivity index (χ3n) is 5.44.